The molecule has 2 aromatic carbocycles. The van der Waals surface area contributed by atoms with Crippen molar-refractivity contribution in [2.75, 3.05) is 19.8 Å². The van der Waals surface area contributed by atoms with Gasteiger partial charge in [0.05, 0.1) is 11.0 Å². The summed E-state index contributed by atoms with van der Waals surface area (Å²) in [5.74, 6) is -0.713. The lowest BCUT2D eigenvalue weighted by atomic mass is 9.73. The van der Waals surface area contributed by atoms with Crippen molar-refractivity contribution in [3.63, 3.8) is 0 Å². The molecule has 0 aromatic heterocycles. The molecule has 0 saturated carbocycles. The summed E-state index contributed by atoms with van der Waals surface area (Å²) < 4.78 is 57.6. The number of hydrogen-bond donors (Lipinski definition) is 1. The van der Waals surface area contributed by atoms with E-state index in [0.29, 0.717) is 43.6 Å². The van der Waals surface area contributed by atoms with E-state index in [1.165, 1.54) is 18.2 Å². The van der Waals surface area contributed by atoms with Crippen LogP contribution in [0.25, 0.3) is 0 Å². The van der Waals surface area contributed by atoms with Crippen LogP contribution in [-0.4, -0.2) is 25.7 Å². The Bertz CT molecular complexity index is 812. The highest BCUT2D eigenvalue weighted by atomic mass is 19.4. The zero-order valence-corrected chi connectivity index (χ0v) is 15.2. The summed E-state index contributed by atoms with van der Waals surface area (Å²) in [6.45, 7) is 0.975. The van der Waals surface area contributed by atoms with Gasteiger partial charge in [0.1, 0.15) is 5.82 Å². The smallest absolute Gasteiger partial charge is 0.381 e. The molecule has 1 saturated heterocycles. The van der Waals surface area contributed by atoms with E-state index >= 15 is 0 Å². The lowest BCUT2D eigenvalue weighted by Crippen LogP contribution is -2.49. The summed E-state index contributed by atoms with van der Waals surface area (Å²) in [6, 6.07) is 11.1. The van der Waals surface area contributed by atoms with Gasteiger partial charge in [-0.25, -0.2) is 4.39 Å². The van der Waals surface area contributed by atoms with Crippen LogP contribution in [0, 0.1) is 5.82 Å². The van der Waals surface area contributed by atoms with Crippen LogP contribution in [0.5, 0.6) is 0 Å². The first-order chi connectivity index (χ1) is 13.3. The van der Waals surface area contributed by atoms with Gasteiger partial charge in [0, 0.05) is 25.3 Å². The second-order valence-corrected chi connectivity index (χ2v) is 6.87. The van der Waals surface area contributed by atoms with Crippen molar-refractivity contribution in [2.45, 2.75) is 30.9 Å². The average molecular weight is 395 g/mol. The largest absolute Gasteiger partial charge is 0.416 e. The molecule has 0 radical (unpaired) electrons. The molecular weight excluding hydrogens is 374 g/mol. The Hall–Kier alpha value is -2.41. The number of benzene rings is 2. The molecule has 1 heterocycles. The van der Waals surface area contributed by atoms with Gasteiger partial charge in [-0.15, -0.1) is 0 Å². The molecule has 0 unspecified atom stereocenters. The third-order valence-electron chi connectivity index (χ3n) is 5.15. The minimum atomic E-state index is -4.37. The van der Waals surface area contributed by atoms with Crippen LogP contribution in [0.2, 0.25) is 0 Å². The lowest BCUT2D eigenvalue weighted by molar-refractivity contribution is -0.137. The fourth-order valence-corrected chi connectivity index (χ4v) is 3.54. The monoisotopic (exact) mass is 395 g/mol. The molecule has 1 aliphatic heterocycles. The molecule has 28 heavy (non-hydrogen) atoms. The normalized spacial score (nSPS) is 16.6. The van der Waals surface area contributed by atoms with Crippen molar-refractivity contribution in [1.29, 1.82) is 0 Å². The maximum atomic E-state index is 14.4. The van der Waals surface area contributed by atoms with Gasteiger partial charge in [-0.05, 0) is 43.0 Å². The van der Waals surface area contributed by atoms with Crippen LogP contribution in [0.15, 0.2) is 48.5 Å². The molecular formula is C21H21F4NO2. The molecule has 1 amide bonds. The van der Waals surface area contributed by atoms with Gasteiger partial charge in [0.25, 0.3) is 0 Å². The van der Waals surface area contributed by atoms with E-state index in [4.69, 9.17) is 4.74 Å². The third kappa shape index (κ3) is 4.35. The first-order valence-electron chi connectivity index (χ1n) is 9.10. The third-order valence-corrected chi connectivity index (χ3v) is 5.15. The number of amides is 1. The maximum Gasteiger partial charge on any atom is 0.416 e. The summed E-state index contributed by atoms with van der Waals surface area (Å²) in [7, 11) is 0. The minimum Gasteiger partial charge on any atom is -0.381 e. The Morgan fingerprint density at radius 1 is 1.04 bits per heavy atom. The number of carbonyl (C=O) groups is 1. The van der Waals surface area contributed by atoms with Gasteiger partial charge < -0.3 is 10.1 Å². The molecule has 3 rings (SSSR count). The summed E-state index contributed by atoms with van der Waals surface area (Å²) in [6.07, 6.45) is -3.24. The summed E-state index contributed by atoms with van der Waals surface area (Å²) in [4.78, 5) is 13.0. The number of nitrogens with one attached hydrogen (secondary N) is 1. The van der Waals surface area contributed by atoms with E-state index in [2.05, 4.69) is 5.32 Å². The molecule has 3 nitrogen and oxygen atoms in total. The van der Waals surface area contributed by atoms with Gasteiger partial charge in [0.2, 0.25) is 5.91 Å². The Labute approximate surface area is 160 Å². The van der Waals surface area contributed by atoms with E-state index in [-0.39, 0.29) is 12.5 Å². The summed E-state index contributed by atoms with van der Waals surface area (Å²) >= 11 is 0. The lowest BCUT2D eigenvalue weighted by Gasteiger charge is -2.36. The van der Waals surface area contributed by atoms with Crippen molar-refractivity contribution in [3.05, 3.63) is 71.0 Å². The van der Waals surface area contributed by atoms with Crippen LogP contribution >= 0.6 is 0 Å². The first kappa shape index (κ1) is 20.3. The molecule has 0 aliphatic carbocycles. The second-order valence-electron chi connectivity index (χ2n) is 6.87. The number of hydrogen-bond acceptors (Lipinski definition) is 2. The van der Waals surface area contributed by atoms with Crippen molar-refractivity contribution < 1.29 is 27.1 Å². The standard InChI is InChI=1S/C21H21F4NO2/c22-18-4-2-1-3-17(18)20(10-13-28-14-11-20)19(27)26-12-9-15-5-7-16(8-6-15)21(23,24)25/h1-8H,9-14H2,(H,26,27). The zero-order valence-electron chi connectivity index (χ0n) is 15.2. The van der Waals surface area contributed by atoms with Gasteiger partial charge in [-0.1, -0.05) is 30.3 Å². The Kier molecular flexibility index (Phi) is 6.03. The SMILES string of the molecule is O=C(NCCc1ccc(C(F)(F)F)cc1)C1(c2ccccc2F)CCOCC1. The summed E-state index contributed by atoms with van der Waals surface area (Å²) in [5.41, 5.74) is -0.671. The molecule has 7 heteroatoms. The van der Waals surface area contributed by atoms with Crippen LogP contribution < -0.4 is 5.32 Å². The molecule has 1 fully saturated rings. The molecule has 1 aliphatic rings. The fraction of sp³-hybridized carbons (Fsp3) is 0.381. The number of alkyl halides is 3. The van der Waals surface area contributed by atoms with Crippen molar-refractivity contribution >= 4 is 5.91 Å². The van der Waals surface area contributed by atoms with Gasteiger partial charge >= 0.3 is 6.18 Å². The quantitative estimate of drug-likeness (QED) is 0.769. The Balaban J connectivity index is 1.67. The predicted molar refractivity (Wildman–Crippen MR) is 96.3 cm³/mol. The number of halogens is 4. The van der Waals surface area contributed by atoms with E-state index in [1.807, 2.05) is 0 Å². The topological polar surface area (TPSA) is 38.3 Å². The summed E-state index contributed by atoms with van der Waals surface area (Å²) in [5, 5.41) is 2.83. The molecule has 0 spiro atoms. The molecule has 0 bridgehead atoms. The zero-order chi connectivity index (χ0) is 20.2. The first-order valence-corrected chi connectivity index (χ1v) is 9.10. The maximum absolute atomic E-state index is 14.4. The van der Waals surface area contributed by atoms with Crippen LogP contribution in [0.1, 0.15) is 29.5 Å². The van der Waals surface area contributed by atoms with E-state index in [9.17, 15) is 22.4 Å². The van der Waals surface area contributed by atoms with Gasteiger partial charge in [-0.3, -0.25) is 4.79 Å². The molecule has 1 N–H and O–H groups in total. The minimum absolute atomic E-state index is 0.251. The van der Waals surface area contributed by atoms with Crippen LogP contribution in [-0.2, 0) is 27.5 Å². The van der Waals surface area contributed by atoms with Crippen molar-refractivity contribution in [2.24, 2.45) is 0 Å². The number of ether oxygens (including phenoxy) is 1. The molecule has 0 atom stereocenters. The van der Waals surface area contributed by atoms with E-state index < -0.39 is 23.0 Å². The highest BCUT2D eigenvalue weighted by molar-refractivity contribution is 5.88. The highest BCUT2D eigenvalue weighted by Crippen LogP contribution is 2.36. The number of carbonyl (C=O) groups excluding carboxylic acids is 1. The van der Waals surface area contributed by atoms with Crippen molar-refractivity contribution in [1.82, 2.24) is 5.32 Å². The highest BCUT2D eigenvalue weighted by Gasteiger charge is 2.43. The molecule has 2 aromatic rings. The predicted octanol–water partition coefficient (Wildman–Crippen LogP) is 4.25. The average Bonchev–Trinajstić information content (AvgIpc) is 2.68. The number of rotatable bonds is 5. The van der Waals surface area contributed by atoms with Crippen molar-refractivity contribution in [3.8, 4) is 0 Å². The van der Waals surface area contributed by atoms with Gasteiger partial charge in [0.15, 0.2) is 0 Å². The second kappa shape index (κ2) is 8.31. The van der Waals surface area contributed by atoms with E-state index in [1.54, 1.807) is 18.2 Å². The van der Waals surface area contributed by atoms with Crippen LogP contribution in [0.4, 0.5) is 17.6 Å². The van der Waals surface area contributed by atoms with E-state index in [0.717, 1.165) is 12.1 Å². The Morgan fingerprint density at radius 3 is 2.29 bits per heavy atom. The molecule has 150 valence electrons. The fourth-order valence-electron chi connectivity index (χ4n) is 3.54. The van der Waals surface area contributed by atoms with Gasteiger partial charge in [-0.2, -0.15) is 13.2 Å². The Morgan fingerprint density at radius 2 is 1.68 bits per heavy atom. The van der Waals surface area contributed by atoms with Crippen LogP contribution in [0.3, 0.4) is 0 Å².